The number of carbonyl (C=O) groups is 1. The minimum absolute atomic E-state index is 0.0937. The second-order valence-electron chi connectivity index (χ2n) is 5.44. The van der Waals surface area contributed by atoms with Crippen molar-refractivity contribution in [2.45, 2.75) is 45.8 Å². The van der Waals surface area contributed by atoms with E-state index in [1.54, 1.807) is 6.20 Å². The fraction of sp³-hybridized carbons (Fsp3) is 0.438. The number of aromatic nitrogens is 3. The Morgan fingerprint density at radius 3 is 2.91 bits per heavy atom. The number of benzene rings is 1. The molecule has 0 fully saturated rings. The molecule has 6 nitrogen and oxygen atoms in total. The standard InChI is InChI=1S/C16H23N5O/c1-3-6-14(17)15-10-21(20-19-15)11-16(22)18-9-13-8-5-4-7-12(13)2/h4-5,7-8,10,14H,3,6,9,11,17H2,1-2H3,(H,18,22). The lowest BCUT2D eigenvalue weighted by Crippen LogP contribution is -2.27. The second kappa shape index (κ2) is 7.70. The molecule has 0 aliphatic heterocycles. The highest BCUT2D eigenvalue weighted by atomic mass is 16.2. The first-order valence-corrected chi connectivity index (χ1v) is 7.57. The average molecular weight is 301 g/mol. The van der Waals surface area contributed by atoms with Crippen molar-refractivity contribution in [2.24, 2.45) is 5.73 Å². The van der Waals surface area contributed by atoms with Crippen LogP contribution in [0.25, 0.3) is 0 Å². The SMILES string of the molecule is CCCC(N)c1cn(CC(=O)NCc2ccccc2C)nn1. The van der Waals surface area contributed by atoms with Gasteiger partial charge in [0.1, 0.15) is 6.54 Å². The summed E-state index contributed by atoms with van der Waals surface area (Å²) in [4.78, 5) is 12.0. The Bertz CT molecular complexity index is 623. The largest absolute Gasteiger partial charge is 0.350 e. The van der Waals surface area contributed by atoms with E-state index < -0.39 is 0 Å². The van der Waals surface area contributed by atoms with Gasteiger partial charge in [-0.15, -0.1) is 5.10 Å². The van der Waals surface area contributed by atoms with E-state index in [2.05, 4.69) is 22.6 Å². The Balaban J connectivity index is 1.86. The second-order valence-corrected chi connectivity index (χ2v) is 5.44. The molecule has 6 heteroatoms. The molecule has 0 aliphatic rings. The Kier molecular flexibility index (Phi) is 5.66. The molecule has 1 aromatic carbocycles. The maximum absolute atomic E-state index is 12.0. The zero-order valence-electron chi connectivity index (χ0n) is 13.1. The third-order valence-corrected chi connectivity index (χ3v) is 3.58. The summed E-state index contributed by atoms with van der Waals surface area (Å²) in [7, 11) is 0. The van der Waals surface area contributed by atoms with Gasteiger partial charge in [-0.3, -0.25) is 4.79 Å². The predicted octanol–water partition coefficient (Wildman–Crippen LogP) is 1.70. The number of nitrogens with zero attached hydrogens (tertiary/aromatic N) is 3. The number of nitrogens with two attached hydrogens (primary N) is 1. The van der Waals surface area contributed by atoms with Crippen molar-refractivity contribution < 1.29 is 4.79 Å². The molecule has 22 heavy (non-hydrogen) atoms. The van der Waals surface area contributed by atoms with Gasteiger partial charge < -0.3 is 11.1 Å². The lowest BCUT2D eigenvalue weighted by atomic mass is 10.1. The highest BCUT2D eigenvalue weighted by molar-refractivity contribution is 5.75. The minimum atomic E-state index is -0.117. The molecule has 1 heterocycles. The minimum Gasteiger partial charge on any atom is -0.350 e. The Labute approximate surface area is 130 Å². The van der Waals surface area contributed by atoms with Crippen LogP contribution in [0.4, 0.5) is 0 Å². The quantitative estimate of drug-likeness (QED) is 0.815. The van der Waals surface area contributed by atoms with Crippen molar-refractivity contribution >= 4 is 5.91 Å². The van der Waals surface area contributed by atoms with Crippen LogP contribution < -0.4 is 11.1 Å². The summed E-state index contributed by atoms with van der Waals surface area (Å²) in [6.45, 7) is 4.77. The van der Waals surface area contributed by atoms with Crippen molar-refractivity contribution in [3.05, 3.63) is 47.3 Å². The molecule has 0 spiro atoms. The Morgan fingerprint density at radius 1 is 1.41 bits per heavy atom. The third-order valence-electron chi connectivity index (χ3n) is 3.58. The molecule has 2 rings (SSSR count). The summed E-state index contributed by atoms with van der Waals surface area (Å²) in [5.41, 5.74) is 8.99. The molecular formula is C16H23N5O. The maximum atomic E-state index is 12.0. The monoisotopic (exact) mass is 301 g/mol. The summed E-state index contributed by atoms with van der Waals surface area (Å²) in [5.74, 6) is -0.0937. The van der Waals surface area contributed by atoms with Crippen molar-refractivity contribution in [1.29, 1.82) is 0 Å². The number of carbonyl (C=O) groups excluding carboxylic acids is 1. The molecule has 1 atom stereocenters. The van der Waals surface area contributed by atoms with Gasteiger partial charge in [0.15, 0.2) is 0 Å². The van der Waals surface area contributed by atoms with Crippen LogP contribution in [0.1, 0.15) is 42.6 Å². The lowest BCUT2D eigenvalue weighted by Gasteiger charge is -2.07. The Hall–Kier alpha value is -2.21. The predicted molar refractivity (Wildman–Crippen MR) is 84.9 cm³/mol. The summed E-state index contributed by atoms with van der Waals surface area (Å²) in [6, 6.07) is 7.87. The van der Waals surface area contributed by atoms with Crippen LogP contribution >= 0.6 is 0 Å². The van der Waals surface area contributed by atoms with Crippen molar-refractivity contribution in [2.75, 3.05) is 0 Å². The summed E-state index contributed by atoms with van der Waals surface area (Å²) in [6.07, 6.45) is 3.59. The van der Waals surface area contributed by atoms with E-state index in [1.807, 2.05) is 31.2 Å². The maximum Gasteiger partial charge on any atom is 0.242 e. The van der Waals surface area contributed by atoms with E-state index in [1.165, 1.54) is 4.68 Å². The van der Waals surface area contributed by atoms with Crippen molar-refractivity contribution in [1.82, 2.24) is 20.3 Å². The van der Waals surface area contributed by atoms with Crippen LogP contribution in [0.5, 0.6) is 0 Å². The van der Waals surface area contributed by atoms with E-state index in [9.17, 15) is 4.79 Å². The number of hydrogen-bond donors (Lipinski definition) is 2. The number of amides is 1. The third kappa shape index (κ3) is 4.39. The fourth-order valence-electron chi connectivity index (χ4n) is 2.22. The first kappa shape index (κ1) is 16.2. The lowest BCUT2D eigenvalue weighted by molar-refractivity contribution is -0.122. The topological polar surface area (TPSA) is 85.8 Å². The summed E-state index contributed by atoms with van der Waals surface area (Å²) >= 11 is 0. The zero-order valence-corrected chi connectivity index (χ0v) is 13.1. The van der Waals surface area contributed by atoms with Gasteiger partial charge in [-0.1, -0.05) is 42.8 Å². The van der Waals surface area contributed by atoms with Crippen LogP contribution in [0.2, 0.25) is 0 Å². The van der Waals surface area contributed by atoms with Crippen LogP contribution in [0.15, 0.2) is 30.5 Å². The molecule has 1 aromatic heterocycles. The van der Waals surface area contributed by atoms with E-state index in [0.717, 1.165) is 29.7 Å². The molecule has 0 bridgehead atoms. The van der Waals surface area contributed by atoms with E-state index >= 15 is 0 Å². The first-order valence-electron chi connectivity index (χ1n) is 7.57. The highest BCUT2D eigenvalue weighted by Crippen LogP contribution is 2.11. The van der Waals surface area contributed by atoms with Gasteiger partial charge in [0.2, 0.25) is 5.91 Å². The van der Waals surface area contributed by atoms with Gasteiger partial charge in [-0.05, 0) is 24.5 Å². The number of nitrogens with one attached hydrogen (secondary N) is 1. The number of hydrogen-bond acceptors (Lipinski definition) is 4. The van der Waals surface area contributed by atoms with E-state index in [4.69, 9.17) is 5.73 Å². The normalized spacial score (nSPS) is 12.1. The summed E-state index contributed by atoms with van der Waals surface area (Å²) in [5, 5.41) is 10.9. The molecule has 0 aliphatic carbocycles. The molecule has 1 amide bonds. The molecule has 0 saturated heterocycles. The van der Waals surface area contributed by atoms with Crippen LogP contribution in [0, 0.1) is 6.92 Å². The molecule has 3 N–H and O–H groups in total. The molecule has 118 valence electrons. The smallest absolute Gasteiger partial charge is 0.242 e. The summed E-state index contributed by atoms with van der Waals surface area (Å²) < 4.78 is 1.53. The van der Waals surface area contributed by atoms with Crippen LogP contribution in [0.3, 0.4) is 0 Å². The Morgan fingerprint density at radius 2 is 2.18 bits per heavy atom. The van der Waals surface area contributed by atoms with Gasteiger partial charge in [0, 0.05) is 6.54 Å². The average Bonchev–Trinajstić information content (AvgIpc) is 2.95. The number of rotatable bonds is 7. The van der Waals surface area contributed by atoms with Gasteiger partial charge in [-0.25, -0.2) is 4.68 Å². The van der Waals surface area contributed by atoms with E-state index in [0.29, 0.717) is 6.54 Å². The molecule has 2 aromatic rings. The van der Waals surface area contributed by atoms with Crippen molar-refractivity contribution in [3.8, 4) is 0 Å². The van der Waals surface area contributed by atoms with Crippen LogP contribution in [-0.4, -0.2) is 20.9 Å². The molecular weight excluding hydrogens is 278 g/mol. The van der Waals surface area contributed by atoms with Gasteiger partial charge in [0.25, 0.3) is 0 Å². The zero-order chi connectivity index (χ0) is 15.9. The molecule has 1 unspecified atom stereocenters. The molecule has 0 saturated carbocycles. The van der Waals surface area contributed by atoms with Gasteiger partial charge in [-0.2, -0.15) is 0 Å². The highest BCUT2D eigenvalue weighted by Gasteiger charge is 2.11. The molecule has 0 radical (unpaired) electrons. The number of aryl methyl sites for hydroxylation is 1. The van der Waals surface area contributed by atoms with Crippen LogP contribution in [-0.2, 0) is 17.9 Å². The van der Waals surface area contributed by atoms with E-state index in [-0.39, 0.29) is 18.5 Å². The fourth-order valence-corrected chi connectivity index (χ4v) is 2.22. The van der Waals surface area contributed by atoms with Crippen molar-refractivity contribution in [3.63, 3.8) is 0 Å². The van der Waals surface area contributed by atoms with Gasteiger partial charge in [0.05, 0.1) is 17.9 Å². The first-order chi connectivity index (χ1) is 10.6. The van der Waals surface area contributed by atoms with Gasteiger partial charge >= 0.3 is 0 Å².